The second-order valence-electron chi connectivity index (χ2n) is 6.82. The molecule has 1 aromatic heterocycles. The van der Waals surface area contributed by atoms with E-state index < -0.39 is 29.0 Å². The van der Waals surface area contributed by atoms with Gasteiger partial charge in [-0.05, 0) is 31.5 Å². The zero-order valence-corrected chi connectivity index (χ0v) is 16.9. The summed E-state index contributed by atoms with van der Waals surface area (Å²) in [5, 5.41) is 2.61. The molecule has 3 aromatic rings. The third kappa shape index (κ3) is 4.26. The van der Waals surface area contributed by atoms with Gasteiger partial charge >= 0.3 is 6.18 Å². The summed E-state index contributed by atoms with van der Waals surface area (Å²) in [6.45, 7) is 3.38. The van der Waals surface area contributed by atoms with Crippen LogP contribution in [-0.2, 0) is 11.7 Å². The van der Waals surface area contributed by atoms with Crippen LogP contribution < -0.4 is 5.32 Å². The van der Waals surface area contributed by atoms with E-state index in [0.717, 1.165) is 11.9 Å². The quantitative estimate of drug-likeness (QED) is 0.550. The molecule has 2 aromatic carbocycles. The molecule has 4 nitrogen and oxygen atoms in total. The van der Waals surface area contributed by atoms with Crippen LogP contribution in [0.1, 0.15) is 35.6 Å². The lowest BCUT2D eigenvalue weighted by molar-refractivity contribution is -0.142. The SMILES string of the molecule is CC(C)(NC(=O)c1ncn(-c2c(Cl)cccc2Cl)c1C(F)(F)F)c1ccccc1. The summed E-state index contributed by atoms with van der Waals surface area (Å²) in [5.74, 6) is -0.965. The number of amides is 1. The van der Waals surface area contributed by atoms with Crippen LogP contribution in [-0.4, -0.2) is 15.5 Å². The Morgan fingerprint density at radius 2 is 1.59 bits per heavy atom. The van der Waals surface area contributed by atoms with Crippen molar-refractivity contribution < 1.29 is 18.0 Å². The van der Waals surface area contributed by atoms with Gasteiger partial charge in [-0.15, -0.1) is 0 Å². The molecule has 0 aliphatic heterocycles. The van der Waals surface area contributed by atoms with Crippen molar-refractivity contribution in [2.24, 2.45) is 0 Å². The van der Waals surface area contributed by atoms with E-state index in [1.807, 2.05) is 0 Å². The smallest absolute Gasteiger partial charge is 0.342 e. The first-order valence-corrected chi connectivity index (χ1v) is 9.25. The molecule has 0 unspecified atom stereocenters. The summed E-state index contributed by atoms with van der Waals surface area (Å²) in [7, 11) is 0. The Morgan fingerprint density at radius 3 is 2.14 bits per heavy atom. The Labute approximate surface area is 175 Å². The standard InChI is InChI=1S/C20H16Cl2F3N3O/c1-19(2,12-7-4-3-5-8-12)27-18(29)15-17(20(23,24)25)28(11-26-15)16-13(21)9-6-10-14(16)22/h3-11H,1-2H3,(H,27,29). The molecule has 9 heteroatoms. The number of imidazole rings is 1. The first kappa shape index (κ1) is 21.2. The lowest BCUT2D eigenvalue weighted by Gasteiger charge is -2.27. The molecule has 0 fully saturated rings. The van der Waals surface area contributed by atoms with Crippen molar-refractivity contribution in [3.8, 4) is 5.69 Å². The van der Waals surface area contributed by atoms with Gasteiger partial charge in [-0.3, -0.25) is 9.36 Å². The van der Waals surface area contributed by atoms with E-state index in [2.05, 4.69) is 10.3 Å². The minimum atomic E-state index is -4.87. The van der Waals surface area contributed by atoms with Crippen LogP contribution in [0.5, 0.6) is 0 Å². The number of carbonyl (C=O) groups is 1. The fourth-order valence-electron chi connectivity index (χ4n) is 2.94. The Bertz CT molecular complexity index is 1030. The number of rotatable bonds is 4. The molecule has 152 valence electrons. The fraction of sp³-hybridized carbons (Fsp3) is 0.200. The summed E-state index contributed by atoms with van der Waals surface area (Å²) in [6, 6.07) is 13.2. The lowest BCUT2D eigenvalue weighted by Crippen LogP contribution is -2.41. The summed E-state index contributed by atoms with van der Waals surface area (Å²) < 4.78 is 42.3. The van der Waals surface area contributed by atoms with Crippen LogP contribution in [0.3, 0.4) is 0 Å². The average Bonchev–Trinajstić information content (AvgIpc) is 3.07. The van der Waals surface area contributed by atoms with Crippen molar-refractivity contribution in [3.05, 3.63) is 81.9 Å². The molecular weight excluding hydrogens is 426 g/mol. The third-order valence-corrected chi connectivity index (χ3v) is 4.96. The van der Waals surface area contributed by atoms with Crippen molar-refractivity contribution in [2.45, 2.75) is 25.6 Å². The monoisotopic (exact) mass is 441 g/mol. The molecule has 1 N–H and O–H groups in total. The van der Waals surface area contributed by atoms with Gasteiger partial charge in [-0.2, -0.15) is 13.2 Å². The molecule has 1 heterocycles. The molecule has 0 saturated carbocycles. The molecule has 29 heavy (non-hydrogen) atoms. The van der Waals surface area contributed by atoms with Gasteiger partial charge in [0.25, 0.3) is 5.91 Å². The Hall–Kier alpha value is -2.51. The topological polar surface area (TPSA) is 46.9 Å². The van der Waals surface area contributed by atoms with E-state index in [-0.39, 0.29) is 15.7 Å². The van der Waals surface area contributed by atoms with Gasteiger partial charge in [-0.25, -0.2) is 4.98 Å². The van der Waals surface area contributed by atoms with Gasteiger partial charge in [0.2, 0.25) is 0 Å². The first-order valence-electron chi connectivity index (χ1n) is 8.49. The molecule has 0 saturated heterocycles. The van der Waals surface area contributed by atoms with E-state index in [4.69, 9.17) is 23.2 Å². The van der Waals surface area contributed by atoms with Crippen LogP contribution in [0.2, 0.25) is 10.0 Å². The van der Waals surface area contributed by atoms with Gasteiger partial charge in [0.15, 0.2) is 11.4 Å². The van der Waals surface area contributed by atoms with Gasteiger partial charge in [-0.1, -0.05) is 59.6 Å². The zero-order chi connectivity index (χ0) is 21.4. The van der Waals surface area contributed by atoms with Crippen LogP contribution in [0, 0.1) is 0 Å². The van der Waals surface area contributed by atoms with Crippen LogP contribution in [0.15, 0.2) is 54.9 Å². The highest BCUT2D eigenvalue weighted by molar-refractivity contribution is 6.37. The van der Waals surface area contributed by atoms with Crippen molar-refractivity contribution in [3.63, 3.8) is 0 Å². The summed E-state index contributed by atoms with van der Waals surface area (Å²) in [4.78, 5) is 16.5. The average molecular weight is 442 g/mol. The van der Waals surface area contributed by atoms with Crippen LogP contribution in [0.25, 0.3) is 5.69 Å². The highest BCUT2D eigenvalue weighted by Gasteiger charge is 2.42. The molecule has 0 radical (unpaired) electrons. The predicted molar refractivity (Wildman–Crippen MR) is 106 cm³/mol. The molecule has 0 atom stereocenters. The third-order valence-electron chi connectivity index (χ3n) is 4.35. The summed E-state index contributed by atoms with van der Waals surface area (Å²) >= 11 is 12.1. The maximum atomic E-state index is 13.9. The number of benzene rings is 2. The summed E-state index contributed by atoms with van der Waals surface area (Å²) in [6.07, 6.45) is -3.98. The van der Waals surface area contributed by atoms with Crippen LogP contribution >= 0.6 is 23.2 Å². The number of hydrogen-bond acceptors (Lipinski definition) is 2. The lowest BCUT2D eigenvalue weighted by atomic mass is 9.94. The van der Waals surface area contributed by atoms with Gasteiger partial charge in [0.05, 0.1) is 21.3 Å². The minimum Gasteiger partial charge on any atom is -0.342 e. The van der Waals surface area contributed by atoms with E-state index in [1.165, 1.54) is 18.2 Å². The van der Waals surface area contributed by atoms with E-state index in [1.54, 1.807) is 44.2 Å². The van der Waals surface area contributed by atoms with Crippen molar-refractivity contribution in [2.75, 3.05) is 0 Å². The van der Waals surface area contributed by atoms with Crippen molar-refractivity contribution in [1.82, 2.24) is 14.9 Å². The molecular formula is C20H16Cl2F3N3O. The van der Waals surface area contributed by atoms with E-state index >= 15 is 0 Å². The van der Waals surface area contributed by atoms with Crippen LogP contribution in [0.4, 0.5) is 13.2 Å². The van der Waals surface area contributed by atoms with E-state index in [0.29, 0.717) is 4.57 Å². The van der Waals surface area contributed by atoms with Gasteiger partial charge in [0.1, 0.15) is 6.33 Å². The minimum absolute atomic E-state index is 0.00280. The largest absolute Gasteiger partial charge is 0.434 e. The molecule has 0 spiro atoms. The Morgan fingerprint density at radius 1 is 1.00 bits per heavy atom. The Kier molecular flexibility index (Phi) is 5.65. The maximum absolute atomic E-state index is 13.9. The number of alkyl halides is 3. The number of carbonyl (C=O) groups excluding carboxylic acids is 1. The number of nitrogens with one attached hydrogen (secondary N) is 1. The molecule has 0 aliphatic carbocycles. The van der Waals surface area contributed by atoms with E-state index in [9.17, 15) is 18.0 Å². The predicted octanol–water partition coefficient (Wildman–Crippen LogP) is 5.86. The number of nitrogens with zero attached hydrogens (tertiary/aromatic N) is 2. The normalized spacial score (nSPS) is 12.1. The summed E-state index contributed by atoms with van der Waals surface area (Å²) in [5.41, 5.74) is -2.31. The molecule has 3 rings (SSSR count). The highest BCUT2D eigenvalue weighted by Crippen LogP contribution is 2.37. The fourth-order valence-corrected chi connectivity index (χ4v) is 3.52. The maximum Gasteiger partial charge on any atom is 0.434 e. The molecule has 0 bridgehead atoms. The number of halogens is 5. The van der Waals surface area contributed by atoms with Gasteiger partial charge in [0, 0.05) is 0 Å². The molecule has 1 amide bonds. The van der Waals surface area contributed by atoms with Gasteiger partial charge < -0.3 is 5.32 Å². The van der Waals surface area contributed by atoms with Crippen molar-refractivity contribution in [1.29, 1.82) is 0 Å². The number of hydrogen-bond donors (Lipinski definition) is 1. The Balaban J connectivity index is 2.07. The highest BCUT2D eigenvalue weighted by atomic mass is 35.5. The second-order valence-corrected chi connectivity index (χ2v) is 7.64. The number of aromatic nitrogens is 2. The zero-order valence-electron chi connectivity index (χ0n) is 15.4. The van der Waals surface area contributed by atoms with Crippen molar-refractivity contribution >= 4 is 29.1 Å². The first-order chi connectivity index (χ1) is 13.5. The number of para-hydroxylation sites is 1. The molecule has 0 aliphatic rings. The second kappa shape index (κ2) is 7.72.